The van der Waals surface area contributed by atoms with Gasteiger partial charge in [-0.2, -0.15) is 0 Å². The molecule has 0 aliphatic heterocycles. The number of carbonyl (C=O) groups excluding carboxylic acids is 2. The highest BCUT2D eigenvalue weighted by Crippen LogP contribution is 2.28. The molecule has 0 atom stereocenters. The van der Waals surface area contributed by atoms with Crippen LogP contribution in [0.4, 0.5) is 21.5 Å². The van der Waals surface area contributed by atoms with E-state index in [1.807, 2.05) is 0 Å². The van der Waals surface area contributed by atoms with Gasteiger partial charge in [-0.15, -0.1) is 0 Å². The van der Waals surface area contributed by atoms with Gasteiger partial charge in [-0.05, 0) is 48.9 Å². The summed E-state index contributed by atoms with van der Waals surface area (Å²) < 4.78 is 23.0. The Morgan fingerprint density at radius 2 is 1.82 bits per heavy atom. The summed E-state index contributed by atoms with van der Waals surface area (Å²) in [5.41, 5.74) is 2.16. The topological polar surface area (TPSA) is 80.6 Å². The Kier molecular flexibility index (Phi) is 5.65. The fourth-order valence-corrected chi connectivity index (χ4v) is 2.75. The quantitative estimate of drug-likeness (QED) is 0.576. The standard InChI is InChI=1S/C20H16ClFN2O4/c1-11-9-13(22)4-6-15(11)23-16-5-3-12(21)10-14(16)19(25)24-17-7-8-28-18(17)20(26)27-2/h3-10,23H,1-2H3,(H,24,25). The fourth-order valence-electron chi connectivity index (χ4n) is 2.57. The van der Waals surface area contributed by atoms with Crippen LogP contribution in [0.2, 0.25) is 5.02 Å². The molecule has 1 heterocycles. The van der Waals surface area contributed by atoms with Crippen LogP contribution in [-0.2, 0) is 4.74 Å². The molecule has 144 valence electrons. The van der Waals surface area contributed by atoms with Gasteiger partial charge in [0.2, 0.25) is 5.76 Å². The van der Waals surface area contributed by atoms with E-state index in [-0.39, 0.29) is 22.8 Å². The van der Waals surface area contributed by atoms with Gasteiger partial charge in [0.25, 0.3) is 5.91 Å². The molecule has 0 aliphatic rings. The maximum Gasteiger partial charge on any atom is 0.376 e. The maximum absolute atomic E-state index is 13.3. The first-order valence-corrected chi connectivity index (χ1v) is 8.56. The number of ether oxygens (including phenoxy) is 1. The number of benzene rings is 2. The number of aryl methyl sites for hydroxylation is 1. The monoisotopic (exact) mass is 402 g/mol. The van der Waals surface area contributed by atoms with E-state index in [2.05, 4.69) is 15.4 Å². The van der Waals surface area contributed by atoms with Crippen molar-refractivity contribution in [3.05, 3.63) is 76.5 Å². The normalized spacial score (nSPS) is 10.4. The summed E-state index contributed by atoms with van der Waals surface area (Å²) in [6.07, 6.45) is 1.26. The molecule has 2 aromatic carbocycles. The van der Waals surface area contributed by atoms with Crippen LogP contribution in [0.15, 0.2) is 53.1 Å². The zero-order valence-electron chi connectivity index (χ0n) is 15.0. The minimum absolute atomic E-state index is 0.123. The van der Waals surface area contributed by atoms with Crippen LogP contribution in [0, 0.1) is 12.7 Å². The van der Waals surface area contributed by atoms with Gasteiger partial charge >= 0.3 is 5.97 Å². The molecule has 0 fully saturated rings. The highest BCUT2D eigenvalue weighted by Gasteiger charge is 2.20. The first-order valence-electron chi connectivity index (χ1n) is 8.19. The first-order chi connectivity index (χ1) is 13.4. The van der Waals surface area contributed by atoms with Crippen molar-refractivity contribution in [3.63, 3.8) is 0 Å². The number of anilines is 3. The summed E-state index contributed by atoms with van der Waals surface area (Å²) >= 11 is 6.05. The van der Waals surface area contributed by atoms with Crippen LogP contribution >= 0.6 is 11.6 Å². The van der Waals surface area contributed by atoms with Gasteiger partial charge in [-0.3, -0.25) is 4.79 Å². The van der Waals surface area contributed by atoms with Crippen molar-refractivity contribution >= 4 is 40.5 Å². The first kappa shape index (κ1) is 19.4. The number of amides is 1. The number of hydrogen-bond acceptors (Lipinski definition) is 5. The number of rotatable bonds is 5. The molecule has 28 heavy (non-hydrogen) atoms. The smallest absolute Gasteiger partial charge is 0.376 e. The lowest BCUT2D eigenvalue weighted by Gasteiger charge is -2.14. The Morgan fingerprint density at radius 3 is 2.54 bits per heavy atom. The summed E-state index contributed by atoms with van der Waals surface area (Å²) in [5, 5.41) is 6.06. The minimum Gasteiger partial charge on any atom is -0.463 e. The van der Waals surface area contributed by atoms with Gasteiger partial charge in [-0.1, -0.05) is 11.6 Å². The third-order valence-corrected chi connectivity index (χ3v) is 4.20. The number of carbonyl (C=O) groups is 2. The summed E-state index contributed by atoms with van der Waals surface area (Å²) in [5.74, 6) is -1.71. The van der Waals surface area contributed by atoms with Crippen molar-refractivity contribution < 1.29 is 23.1 Å². The fraction of sp³-hybridized carbons (Fsp3) is 0.100. The highest BCUT2D eigenvalue weighted by atomic mass is 35.5. The molecular weight excluding hydrogens is 387 g/mol. The Balaban J connectivity index is 1.91. The predicted molar refractivity (Wildman–Crippen MR) is 104 cm³/mol. The van der Waals surface area contributed by atoms with Gasteiger partial charge in [0.05, 0.1) is 30.3 Å². The average Bonchev–Trinajstić information content (AvgIpc) is 3.12. The molecule has 6 nitrogen and oxygen atoms in total. The van der Waals surface area contributed by atoms with Crippen molar-refractivity contribution in [2.75, 3.05) is 17.7 Å². The molecule has 0 aliphatic carbocycles. The summed E-state index contributed by atoms with van der Waals surface area (Å²) in [4.78, 5) is 24.5. The van der Waals surface area contributed by atoms with E-state index < -0.39 is 11.9 Å². The van der Waals surface area contributed by atoms with Crippen molar-refractivity contribution in [2.45, 2.75) is 6.92 Å². The van der Waals surface area contributed by atoms with Crippen molar-refractivity contribution in [1.82, 2.24) is 0 Å². The number of hydrogen-bond donors (Lipinski definition) is 2. The number of halogens is 2. The van der Waals surface area contributed by atoms with Crippen LogP contribution < -0.4 is 10.6 Å². The van der Waals surface area contributed by atoms with Crippen molar-refractivity contribution in [2.24, 2.45) is 0 Å². The molecular formula is C20H16ClFN2O4. The van der Waals surface area contributed by atoms with Gasteiger partial charge in [0, 0.05) is 16.8 Å². The predicted octanol–water partition coefficient (Wildman–Crippen LogP) is 5.16. The summed E-state index contributed by atoms with van der Waals surface area (Å²) in [6.45, 7) is 1.75. The third-order valence-electron chi connectivity index (χ3n) is 3.97. The minimum atomic E-state index is -0.716. The molecule has 3 rings (SSSR count). The van der Waals surface area contributed by atoms with Crippen LogP contribution in [0.25, 0.3) is 0 Å². The van der Waals surface area contributed by atoms with E-state index in [0.717, 1.165) is 0 Å². The van der Waals surface area contributed by atoms with Crippen molar-refractivity contribution in [3.8, 4) is 0 Å². The Morgan fingerprint density at radius 1 is 1.07 bits per heavy atom. The zero-order valence-corrected chi connectivity index (χ0v) is 15.8. The maximum atomic E-state index is 13.3. The number of methoxy groups -OCH3 is 1. The number of furan rings is 1. The second-order valence-corrected chi connectivity index (χ2v) is 6.32. The Hall–Kier alpha value is -3.32. The second-order valence-electron chi connectivity index (χ2n) is 5.88. The summed E-state index contributed by atoms with van der Waals surface area (Å²) in [6, 6.07) is 10.5. The lowest BCUT2D eigenvalue weighted by Crippen LogP contribution is -2.16. The Labute approximate surface area is 165 Å². The second kappa shape index (κ2) is 8.14. The molecule has 0 radical (unpaired) electrons. The van der Waals surface area contributed by atoms with E-state index in [1.54, 1.807) is 25.1 Å². The molecule has 8 heteroatoms. The van der Waals surface area contributed by atoms with Crippen LogP contribution in [0.1, 0.15) is 26.5 Å². The van der Waals surface area contributed by atoms with Gasteiger partial charge in [-0.25, -0.2) is 9.18 Å². The van der Waals surface area contributed by atoms with Gasteiger partial charge in [0.1, 0.15) is 5.82 Å². The zero-order chi connectivity index (χ0) is 20.3. The van der Waals surface area contributed by atoms with Crippen LogP contribution in [0.3, 0.4) is 0 Å². The summed E-state index contributed by atoms with van der Waals surface area (Å²) in [7, 11) is 1.21. The third kappa shape index (κ3) is 4.15. The molecule has 1 amide bonds. The SMILES string of the molecule is COC(=O)c1occc1NC(=O)c1cc(Cl)ccc1Nc1ccc(F)cc1C. The number of esters is 1. The molecule has 3 aromatic rings. The molecule has 0 spiro atoms. The lowest BCUT2D eigenvalue weighted by atomic mass is 10.1. The molecule has 0 unspecified atom stereocenters. The van der Waals surface area contributed by atoms with Crippen LogP contribution in [0.5, 0.6) is 0 Å². The van der Waals surface area contributed by atoms with E-state index in [1.165, 1.54) is 37.6 Å². The van der Waals surface area contributed by atoms with E-state index >= 15 is 0 Å². The molecule has 0 saturated heterocycles. The highest BCUT2D eigenvalue weighted by molar-refractivity contribution is 6.31. The van der Waals surface area contributed by atoms with Gasteiger partial charge < -0.3 is 19.8 Å². The lowest BCUT2D eigenvalue weighted by molar-refractivity contribution is 0.0566. The Bertz CT molecular complexity index is 1050. The molecule has 1 aromatic heterocycles. The van der Waals surface area contributed by atoms with E-state index in [0.29, 0.717) is 22.0 Å². The average molecular weight is 403 g/mol. The largest absolute Gasteiger partial charge is 0.463 e. The van der Waals surface area contributed by atoms with E-state index in [9.17, 15) is 14.0 Å². The van der Waals surface area contributed by atoms with E-state index in [4.69, 9.17) is 16.0 Å². The molecule has 0 saturated carbocycles. The molecule has 0 bridgehead atoms. The number of nitrogens with one attached hydrogen (secondary N) is 2. The van der Waals surface area contributed by atoms with Crippen molar-refractivity contribution in [1.29, 1.82) is 0 Å². The molecule has 2 N–H and O–H groups in total. The van der Waals surface area contributed by atoms with Crippen LogP contribution in [-0.4, -0.2) is 19.0 Å². The van der Waals surface area contributed by atoms with Gasteiger partial charge in [0.15, 0.2) is 0 Å².